The van der Waals surface area contributed by atoms with Gasteiger partial charge in [-0.05, 0) is 36.8 Å². The molecule has 1 aromatic heterocycles. The van der Waals surface area contributed by atoms with E-state index in [4.69, 9.17) is 28.6 Å². The first-order valence-electron chi connectivity index (χ1n) is 8.58. The van der Waals surface area contributed by atoms with Gasteiger partial charge in [0.2, 0.25) is 0 Å². The first-order chi connectivity index (χ1) is 13.6. The van der Waals surface area contributed by atoms with Crippen molar-refractivity contribution < 1.29 is 4.74 Å². The van der Waals surface area contributed by atoms with E-state index in [1.165, 1.54) is 0 Å². The molecule has 0 fully saturated rings. The molecule has 3 rings (SSSR count). The number of nitrogens with one attached hydrogen (secondary N) is 2. The molecule has 144 valence electrons. The molecule has 0 unspecified atom stereocenters. The standard InChI is InChI=1S/C20H20ClN5OS/c1-14-16(19(21)26(25-14)13-15-8-4-3-5-9-15)12-22-24-20(28)23-17-10-6-7-11-18(17)27-2/h3-12H,13H2,1-2H3,(H2,23,24,28)/b22-12-. The molecule has 6 nitrogen and oxygen atoms in total. The Morgan fingerprint density at radius 2 is 1.93 bits per heavy atom. The van der Waals surface area contributed by atoms with E-state index in [-0.39, 0.29) is 0 Å². The number of hydrogen-bond donors (Lipinski definition) is 2. The number of methoxy groups -OCH3 is 1. The van der Waals surface area contributed by atoms with Crippen LogP contribution in [0.3, 0.4) is 0 Å². The average Bonchev–Trinajstić information content (AvgIpc) is 2.96. The molecule has 0 saturated carbocycles. The zero-order valence-corrected chi connectivity index (χ0v) is 17.1. The molecule has 2 aromatic carbocycles. The van der Waals surface area contributed by atoms with Crippen LogP contribution in [-0.4, -0.2) is 28.2 Å². The van der Waals surface area contributed by atoms with Crippen LogP contribution in [-0.2, 0) is 6.54 Å². The van der Waals surface area contributed by atoms with Crippen molar-refractivity contribution in [2.75, 3.05) is 12.4 Å². The van der Waals surface area contributed by atoms with Gasteiger partial charge in [0, 0.05) is 0 Å². The van der Waals surface area contributed by atoms with Crippen molar-refractivity contribution in [2.45, 2.75) is 13.5 Å². The molecule has 1 heterocycles. The first-order valence-corrected chi connectivity index (χ1v) is 9.37. The zero-order valence-electron chi connectivity index (χ0n) is 15.5. The Balaban J connectivity index is 1.65. The maximum absolute atomic E-state index is 6.48. The Morgan fingerprint density at radius 1 is 1.21 bits per heavy atom. The third-order valence-electron chi connectivity index (χ3n) is 4.00. The fourth-order valence-corrected chi connectivity index (χ4v) is 3.07. The summed E-state index contributed by atoms with van der Waals surface area (Å²) in [5, 5.41) is 12.6. The molecular weight excluding hydrogens is 394 g/mol. The fraction of sp³-hybridized carbons (Fsp3) is 0.150. The van der Waals surface area contributed by atoms with E-state index in [2.05, 4.69) is 20.9 Å². The van der Waals surface area contributed by atoms with E-state index in [0.717, 1.165) is 22.5 Å². The second kappa shape index (κ2) is 9.34. The summed E-state index contributed by atoms with van der Waals surface area (Å²) in [5.74, 6) is 0.691. The van der Waals surface area contributed by atoms with Gasteiger partial charge in [0.05, 0.1) is 36.8 Å². The molecule has 0 amide bonds. The van der Waals surface area contributed by atoms with E-state index in [1.54, 1.807) is 18.0 Å². The summed E-state index contributed by atoms with van der Waals surface area (Å²) in [5.41, 5.74) is 6.18. The van der Waals surface area contributed by atoms with Gasteiger partial charge in [0.15, 0.2) is 5.11 Å². The van der Waals surface area contributed by atoms with Crippen molar-refractivity contribution in [1.29, 1.82) is 0 Å². The lowest BCUT2D eigenvalue weighted by Gasteiger charge is -2.10. The molecule has 8 heteroatoms. The van der Waals surface area contributed by atoms with Crippen molar-refractivity contribution in [3.05, 3.63) is 76.6 Å². The summed E-state index contributed by atoms with van der Waals surface area (Å²) in [4.78, 5) is 0. The van der Waals surface area contributed by atoms with Crippen molar-refractivity contribution in [2.24, 2.45) is 5.10 Å². The van der Waals surface area contributed by atoms with Crippen molar-refractivity contribution in [1.82, 2.24) is 15.2 Å². The number of ether oxygens (including phenoxy) is 1. The number of aryl methyl sites for hydroxylation is 1. The number of rotatable bonds is 6. The molecule has 0 atom stereocenters. The Morgan fingerprint density at radius 3 is 2.68 bits per heavy atom. The summed E-state index contributed by atoms with van der Waals surface area (Å²) < 4.78 is 7.04. The minimum atomic E-state index is 0.339. The van der Waals surface area contributed by atoms with Gasteiger partial charge in [0.25, 0.3) is 0 Å². The smallest absolute Gasteiger partial charge is 0.191 e. The number of halogens is 1. The number of hydrogen-bond acceptors (Lipinski definition) is 4. The largest absolute Gasteiger partial charge is 0.495 e. The van der Waals surface area contributed by atoms with Crippen LogP contribution >= 0.6 is 23.8 Å². The lowest BCUT2D eigenvalue weighted by Crippen LogP contribution is -2.24. The molecule has 0 aliphatic carbocycles. The predicted octanol–water partition coefficient (Wildman–Crippen LogP) is 4.22. The normalized spacial score (nSPS) is 10.8. The minimum Gasteiger partial charge on any atom is -0.495 e. The molecule has 3 aromatic rings. The highest BCUT2D eigenvalue weighted by atomic mass is 35.5. The van der Waals surface area contributed by atoms with E-state index >= 15 is 0 Å². The van der Waals surface area contributed by atoms with Gasteiger partial charge >= 0.3 is 0 Å². The number of aromatic nitrogens is 2. The quantitative estimate of drug-likeness (QED) is 0.360. The Bertz CT molecular complexity index is 988. The molecule has 0 saturated heterocycles. The Labute approximate surface area is 174 Å². The molecule has 0 radical (unpaired) electrons. The second-order valence-electron chi connectivity index (χ2n) is 5.96. The summed E-state index contributed by atoms with van der Waals surface area (Å²) in [6, 6.07) is 17.5. The number of nitrogens with zero attached hydrogens (tertiary/aromatic N) is 3. The Kier molecular flexibility index (Phi) is 6.62. The summed E-state index contributed by atoms with van der Waals surface area (Å²) >= 11 is 11.8. The van der Waals surface area contributed by atoms with Gasteiger partial charge in [0.1, 0.15) is 10.9 Å². The van der Waals surface area contributed by atoms with Gasteiger partial charge in [-0.3, -0.25) is 5.43 Å². The third-order valence-corrected chi connectivity index (χ3v) is 4.59. The molecular formula is C20H20ClN5OS. The van der Waals surface area contributed by atoms with Gasteiger partial charge in [-0.2, -0.15) is 10.2 Å². The fourth-order valence-electron chi connectivity index (χ4n) is 2.63. The average molecular weight is 414 g/mol. The number of thiocarbonyl (C=S) groups is 1. The van der Waals surface area contributed by atoms with Gasteiger partial charge in [-0.15, -0.1) is 0 Å². The van der Waals surface area contributed by atoms with Crippen molar-refractivity contribution >= 4 is 40.8 Å². The minimum absolute atomic E-state index is 0.339. The van der Waals surface area contributed by atoms with Crippen LogP contribution in [0.2, 0.25) is 5.15 Å². The predicted molar refractivity (Wildman–Crippen MR) is 117 cm³/mol. The van der Waals surface area contributed by atoms with Crippen LogP contribution < -0.4 is 15.5 Å². The summed E-state index contributed by atoms with van der Waals surface area (Å²) in [6.45, 7) is 2.48. The number of anilines is 1. The van der Waals surface area contributed by atoms with Crippen molar-refractivity contribution in [3.8, 4) is 5.75 Å². The maximum atomic E-state index is 6.48. The van der Waals surface area contributed by atoms with Crippen LogP contribution in [0.1, 0.15) is 16.8 Å². The third kappa shape index (κ3) is 4.88. The molecule has 2 N–H and O–H groups in total. The van der Waals surface area contributed by atoms with Crippen molar-refractivity contribution in [3.63, 3.8) is 0 Å². The number of benzene rings is 2. The lowest BCUT2D eigenvalue weighted by atomic mass is 10.2. The molecule has 0 spiro atoms. The topological polar surface area (TPSA) is 63.5 Å². The van der Waals surface area contributed by atoms with Crippen LogP contribution in [0, 0.1) is 6.92 Å². The van der Waals surface area contributed by atoms with Crippen LogP contribution in [0.25, 0.3) is 0 Å². The number of hydrazone groups is 1. The van der Waals surface area contributed by atoms with E-state index < -0.39 is 0 Å². The van der Waals surface area contributed by atoms with E-state index in [9.17, 15) is 0 Å². The van der Waals surface area contributed by atoms with Gasteiger partial charge in [-0.25, -0.2) is 4.68 Å². The van der Waals surface area contributed by atoms with Gasteiger partial charge in [-0.1, -0.05) is 54.1 Å². The van der Waals surface area contributed by atoms with Crippen LogP contribution in [0.5, 0.6) is 5.75 Å². The zero-order chi connectivity index (χ0) is 19.9. The van der Waals surface area contributed by atoms with Crippen LogP contribution in [0.4, 0.5) is 5.69 Å². The SMILES string of the molecule is COc1ccccc1NC(=S)N/N=C\c1c(C)nn(Cc2ccccc2)c1Cl. The Hall–Kier alpha value is -2.90. The van der Waals surface area contributed by atoms with E-state index in [0.29, 0.717) is 22.6 Å². The summed E-state index contributed by atoms with van der Waals surface area (Å²) in [6.07, 6.45) is 1.61. The monoisotopic (exact) mass is 413 g/mol. The lowest BCUT2D eigenvalue weighted by molar-refractivity contribution is 0.417. The highest BCUT2D eigenvalue weighted by Gasteiger charge is 2.12. The number of para-hydroxylation sites is 2. The van der Waals surface area contributed by atoms with E-state index in [1.807, 2.05) is 61.5 Å². The van der Waals surface area contributed by atoms with Gasteiger partial charge < -0.3 is 10.1 Å². The van der Waals surface area contributed by atoms with Crippen LogP contribution in [0.15, 0.2) is 59.7 Å². The highest BCUT2D eigenvalue weighted by Crippen LogP contribution is 2.23. The first kappa shape index (κ1) is 19.9. The second-order valence-corrected chi connectivity index (χ2v) is 6.72. The summed E-state index contributed by atoms with van der Waals surface area (Å²) in [7, 11) is 1.60. The maximum Gasteiger partial charge on any atom is 0.191 e. The highest BCUT2D eigenvalue weighted by molar-refractivity contribution is 7.80. The molecule has 28 heavy (non-hydrogen) atoms. The molecule has 0 bridgehead atoms. The molecule has 0 aliphatic rings. The molecule has 0 aliphatic heterocycles.